The van der Waals surface area contributed by atoms with Gasteiger partial charge in [-0.3, -0.25) is 4.90 Å². The maximum absolute atomic E-state index is 12.8. The minimum absolute atomic E-state index is 0.0119. The lowest BCUT2D eigenvalue weighted by molar-refractivity contribution is -0.141. The minimum Gasteiger partial charge on any atom is -0.375 e. The molecule has 0 saturated carbocycles. The standard InChI is InChI=1S/C16H21F3N4O/c1-2-4-22-6-7-24-13-10-23(5-3-12(13)9-22)15-8-14(16(17,18)19)20-11-21-15/h2,8,11-13H,1,3-7,9-10H2/t12-,13-/m1/s1. The molecule has 3 heterocycles. The van der Waals surface area contributed by atoms with E-state index in [-0.39, 0.29) is 6.10 Å². The number of ether oxygens (including phenoxy) is 1. The first-order chi connectivity index (χ1) is 11.5. The normalized spacial score (nSPS) is 25.9. The number of nitrogens with zero attached hydrogens (tertiary/aromatic N) is 4. The van der Waals surface area contributed by atoms with Crippen molar-refractivity contribution < 1.29 is 17.9 Å². The molecule has 0 N–H and O–H groups in total. The Morgan fingerprint density at radius 3 is 2.88 bits per heavy atom. The highest BCUT2D eigenvalue weighted by Gasteiger charge is 2.36. The number of hydrogen-bond donors (Lipinski definition) is 0. The highest BCUT2D eigenvalue weighted by atomic mass is 19.4. The molecule has 0 unspecified atom stereocenters. The van der Waals surface area contributed by atoms with Gasteiger partial charge in [0.15, 0.2) is 0 Å². The molecule has 2 saturated heterocycles. The van der Waals surface area contributed by atoms with Crippen LogP contribution in [0.2, 0.25) is 0 Å². The molecular formula is C16H21F3N4O. The molecule has 2 atom stereocenters. The van der Waals surface area contributed by atoms with E-state index in [1.807, 2.05) is 11.0 Å². The fourth-order valence-corrected chi connectivity index (χ4v) is 3.35. The summed E-state index contributed by atoms with van der Waals surface area (Å²) in [5.74, 6) is 0.694. The summed E-state index contributed by atoms with van der Waals surface area (Å²) in [6.45, 7) is 8.24. The number of halogens is 3. The SMILES string of the molecule is C=CCN1CCO[C@@H]2CN(c3cc(C(F)(F)F)ncn3)CC[C@@H]2C1. The molecule has 0 spiro atoms. The number of fused-ring (bicyclic) bond motifs is 1. The van der Waals surface area contributed by atoms with Gasteiger partial charge in [-0.1, -0.05) is 6.08 Å². The molecule has 5 nitrogen and oxygen atoms in total. The second kappa shape index (κ2) is 7.06. The Morgan fingerprint density at radius 1 is 1.29 bits per heavy atom. The van der Waals surface area contributed by atoms with Crippen LogP contribution in [0.15, 0.2) is 25.0 Å². The third-order valence-corrected chi connectivity index (χ3v) is 4.58. The molecule has 1 aromatic rings. The first-order valence-corrected chi connectivity index (χ1v) is 8.06. The Labute approximate surface area is 139 Å². The molecule has 0 amide bonds. The molecule has 0 aromatic carbocycles. The van der Waals surface area contributed by atoms with Crippen LogP contribution in [0.1, 0.15) is 12.1 Å². The van der Waals surface area contributed by atoms with E-state index in [1.165, 1.54) is 0 Å². The van der Waals surface area contributed by atoms with Gasteiger partial charge >= 0.3 is 6.18 Å². The average molecular weight is 342 g/mol. The number of piperidine rings is 1. The van der Waals surface area contributed by atoms with Crippen molar-refractivity contribution in [3.63, 3.8) is 0 Å². The number of hydrogen-bond acceptors (Lipinski definition) is 5. The molecular weight excluding hydrogens is 321 g/mol. The van der Waals surface area contributed by atoms with Crippen molar-refractivity contribution in [3.8, 4) is 0 Å². The van der Waals surface area contributed by atoms with Gasteiger partial charge < -0.3 is 9.64 Å². The van der Waals surface area contributed by atoms with Crippen molar-refractivity contribution in [2.45, 2.75) is 18.7 Å². The summed E-state index contributed by atoms with van der Waals surface area (Å²) in [6, 6.07) is 1.01. The molecule has 3 rings (SSSR count). The Balaban J connectivity index is 1.70. The average Bonchev–Trinajstić information content (AvgIpc) is 2.75. The van der Waals surface area contributed by atoms with Crippen LogP contribution in [-0.2, 0) is 10.9 Å². The fraction of sp³-hybridized carbons (Fsp3) is 0.625. The Morgan fingerprint density at radius 2 is 2.12 bits per heavy atom. The van der Waals surface area contributed by atoms with Crippen LogP contribution in [0, 0.1) is 5.92 Å². The Hall–Kier alpha value is -1.67. The molecule has 24 heavy (non-hydrogen) atoms. The summed E-state index contributed by atoms with van der Waals surface area (Å²) >= 11 is 0. The van der Waals surface area contributed by atoms with E-state index in [9.17, 15) is 13.2 Å². The maximum Gasteiger partial charge on any atom is 0.433 e. The van der Waals surface area contributed by atoms with Crippen LogP contribution in [0.5, 0.6) is 0 Å². The van der Waals surface area contributed by atoms with Crippen molar-refractivity contribution >= 4 is 5.82 Å². The number of anilines is 1. The number of aromatic nitrogens is 2. The molecule has 0 bridgehead atoms. The van der Waals surface area contributed by atoms with Gasteiger partial charge in [0.25, 0.3) is 0 Å². The predicted octanol–water partition coefficient (Wildman–Crippen LogP) is 2.21. The third kappa shape index (κ3) is 3.87. The topological polar surface area (TPSA) is 41.5 Å². The van der Waals surface area contributed by atoms with Crippen molar-refractivity contribution in [2.75, 3.05) is 44.2 Å². The van der Waals surface area contributed by atoms with E-state index in [0.29, 0.717) is 31.4 Å². The zero-order valence-corrected chi connectivity index (χ0v) is 13.4. The van der Waals surface area contributed by atoms with Gasteiger partial charge in [0.2, 0.25) is 0 Å². The third-order valence-electron chi connectivity index (χ3n) is 4.58. The number of rotatable bonds is 3. The van der Waals surface area contributed by atoms with Crippen LogP contribution < -0.4 is 4.90 Å². The molecule has 2 aliphatic heterocycles. The zero-order chi connectivity index (χ0) is 17.2. The molecule has 0 radical (unpaired) electrons. The predicted molar refractivity (Wildman–Crippen MR) is 83.7 cm³/mol. The van der Waals surface area contributed by atoms with Crippen molar-refractivity contribution in [2.24, 2.45) is 5.92 Å². The second-order valence-corrected chi connectivity index (χ2v) is 6.21. The first kappa shape index (κ1) is 17.2. The summed E-state index contributed by atoms with van der Waals surface area (Å²) in [5, 5.41) is 0. The number of alkyl halides is 3. The molecule has 0 aliphatic carbocycles. The maximum atomic E-state index is 12.8. The van der Waals surface area contributed by atoms with Gasteiger partial charge in [0.1, 0.15) is 17.8 Å². The second-order valence-electron chi connectivity index (χ2n) is 6.21. The fourth-order valence-electron chi connectivity index (χ4n) is 3.35. The molecule has 1 aromatic heterocycles. The Bertz CT molecular complexity index is 581. The van der Waals surface area contributed by atoms with Gasteiger partial charge in [0, 0.05) is 44.7 Å². The van der Waals surface area contributed by atoms with Crippen LogP contribution >= 0.6 is 0 Å². The monoisotopic (exact) mass is 342 g/mol. The summed E-state index contributed by atoms with van der Waals surface area (Å²) in [6.07, 6.45) is -0.722. The summed E-state index contributed by atoms with van der Waals surface area (Å²) in [7, 11) is 0. The summed E-state index contributed by atoms with van der Waals surface area (Å²) < 4.78 is 44.4. The molecule has 8 heteroatoms. The lowest BCUT2D eigenvalue weighted by atomic mass is 9.93. The minimum atomic E-state index is -4.46. The lowest BCUT2D eigenvalue weighted by Crippen LogP contribution is -2.47. The lowest BCUT2D eigenvalue weighted by Gasteiger charge is -2.38. The van der Waals surface area contributed by atoms with Gasteiger partial charge in [-0.05, 0) is 6.42 Å². The van der Waals surface area contributed by atoms with Crippen LogP contribution in [-0.4, -0.2) is 60.3 Å². The summed E-state index contributed by atoms with van der Waals surface area (Å²) in [5.41, 5.74) is -0.909. The van der Waals surface area contributed by atoms with Crippen LogP contribution in [0.3, 0.4) is 0 Å². The van der Waals surface area contributed by atoms with E-state index in [0.717, 1.165) is 38.4 Å². The van der Waals surface area contributed by atoms with Gasteiger partial charge in [-0.15, -0.1) is 6.58 Å². The van der Waals surface area contributed by atoms with Crippen LogP contribution in [0.4, 0.5) is 19.0 Å². The van der Waals surface area contributed by atoms with Gasteiger partial charge in [-0.25, -0.2) is 9.97 Å². The van der Waals surface area contributed by atoms with Crippen molar-refractivity contribution in [3.05, 3.63) is 30.7 Å². The highest BCUT2D eigenvalue weighted by molar-refractivity contribution is 5.40. The van der Waals surface area contributed by atoms with Gasteiger partial charge in [-0.2, -0.15) is 13.2 Å². The largest absolute Gasteiger partial charge is 0.433 e. The Kier molecular flexibility index (Phi) is 5.05. The molecule has 132 valence electrons. The smallest absolute Gasteiger partial charge is 0.375 e. The van der Waals surface area contributed by atoms with Crippen molar-refractivity contribution in [1.82, 2.24) is 14.9 Å². The first-order valence-electron chi connectivity index (χ1n) is 8.06. The highest BCUT2D eigenvalue weighted by Crippen LogP contribution is 2.31. The molecule has 2 aliphatic rings. The summed E-state index contributed by atoms with van der Waals surface area (Å²) in [4.78, 5) is 11.5. The van der Waals surface area contributed by atoms with E-state index < -0.39 is 11.9 Å². The van der Waals surface area contributed by atoms with Crippen LogP contribution in [0.25, 0.3) is 0 Å². The van der Waals surface area contributed by atoms with Crippen molar-refractivity contribution in [1.29, 1.82) is 0 Å². The molecule has 2 fully saturated rings. The quantitative estimate of drug-likeness (QED) is 0.788. The van der Waals surface area contributed by atoms with E-state index in [4.69, 9.17) is 4.74 Å². The van der Waals surface area contributed by atoms with E-state index in [2.05, 4.69) is 21.4 Å². The zero-order valence-electron chi connectivity index (χ0n) is 13.4. The van der Waals surface area contributed by atoms with E-state index in [1.54, 1.807) is 0 Å². The van der Waals surface area contributed by atoms with E-state index >= 15 is 0 Å². The van der Waals surface area contributed by atoms with Gasteiger partial charge in [0.05, 0.1) is 12.7 Å².